The monoisotopic (exact) mass is 590 g/mol. The lowest BCUT2D eigenvalue weighted by Crippen LogP contribution is -2.67. The van der Waals surface area contributed by atoms with Crippen LogP contribution in [0.15, 0.2) is 0 Å². The van der Waals surface area contributed by atoms with Crippen molar-refractivity contribution in [1.29, 1.82) is 0 Å². The molecule has 0 aromatic heterocycles. The third-order valence-electron chi connectivity index (χ3n) is 6.74. The van der Waals surface area contributed by atoms with E-state index in [1.54, 1.807) is 0 Å². The van der Waals surface area contributed by atoms with Crippen molar-refractivity contribution in [2.75, 3.05) is 19.8 Å². The molecule has 3 saturated heterocycles. The minimum atomic E-state index is -2.15. The van der Waals surface area contributed by atoms with E-state index in [9.17, 15) is 61.0 Å². The summed E-state index contributed by atoms with van der Waals surface area (Å²) in [5.74, 6) is -1.04. The zero-order chi connectivity index (χ0) is 29.9. The molecule has 16 atom stereocenters. The quantitative estimate of drug-likeness (QED) is 0.0994. The van der Waals surface area contributed by atoms with E-state index in [1.807, 2.05) is 0 Å². The van der Waals surface area contributed by atoms with Crippen LogP contribution in [0.3, 0.4) is 0 Å². The molecule has 0 bridgehead atoms. The van der Waals surface area contributed by atoms with Crippen molar-refractivity contribution in [3.05, 3.63) is 0 Å². The van der Waals surface area contributed by atoms with E-state index in [4.69, 9.17) is 34.2 Å². The second-order valence-corrected chi connectivity index (χ2v) is 9.54. The Balaban J connectivity index is 1.78. The lowest BCUT2D eigenvalue weighted by Gasteiger charge is -2.49. The molecule has 0 saturated carbocycles. The molecule has 3 aliphatic heterocycles. The van der Waals surface area contributed by atoms with E-state index in [-0.39, 0.29) is 0 Å². The molecule has 40 heavy (non-hydrogen) atoms. The predicted molar refractivity (Wildman–Crippen MR) is 118 cm³/mol. The molecule has 19 nitrogen and oxygen atoms in total. The Labute approximate surface area is 226 Å². The van der Waals surface area contributed by atoms with E-state index in [2.05, 4.69) is 0 Å². The summed E-state index contributed by atoms with van der Waals surface area (Å²) in [4.78, 5) is 11.1. The lowest BCUT2D eigenvalue weighted by atomic mass is 9.96. The maximum Gasteiger partial charge on any atom is 0.218 e. The number of ether oxygens (including phenoxy) is 6. The van der Waals surface area contributed by atoms with Crippen LogP contribution in [0.4, 0.5) is 0 Å². The van der Waals surface area contributed by atoms with Crippen molar-refractivity contribution in [3.8, 4) is 0 Å². The first-order chi connectivity index (χ1) is 18.8. The number of aliphatic hydroxyl groups is 10. The highest BCUT2D eigenvalue weighted by molar-refractivity contribution is 5.73. The number of carbonyl (C=O) groups is 1. The Kier molecular flexibility index (Phi) is 11.9. The summed E-state index contributed by atoms with van der Waals surface area (Å²) in [6, 6.07) is 0. The SMILES string of the molecule is NC(=O)CC([O-])OC1C(OC2C(CO)OC(OC3C(CO)OC(O)C(O)C3O)C(O)C2O)OC(CO)C(O)C1O. The van der Waals surface area contributed by atoms with Gasteiger partial charge < -0.3 is 90.3 Å². The van der Waals surface area contributed by atoms with Gasteiger partial charge in [-0.3, -0.25) is 4.79 Å². The Morgan fingerprint density at radius 1 is 0.675 bits per heavy atom. The topological polar surface area (TPSA) is 324 Å². The molecule has 16 unspecified atom stereocenters. The number of primary amides is 1. The smallest absolute Gasteiger partial charge is 0.218 e. The van der Waals surface area contributed by atoms with Gasteiger partial charge in [0.15, 0.2) is 18.9 Å². The van der Waals surface area contributed by atoms with Crippen LogP contribution < -0.4 is 10.8 Å². The number of carbonyl (C=O) groups excluding carboxylic acids is 1. The largest absolute Gasteiger partial charge is 0.831 e. The average molecular weight is 591 g/mol. The van der Waals surface area contributed by atoms with E-state index < -0.39 is 131 Å². The van der Waals surface area contributed by atoms with Crippen LogP contribution in [0.5, 0.6) is 0 Å². The van der Waals surface area contributed by atoms with Crippen molar-refractivity contribution < 1.29 is 89.4 Å². The van der Waals surface area contributed by atoms with Gasteiger partial charge in [-0.25, -0.2) is 0 Å². The zero-order valence-corrected chi connectivity index (χ0v) is 20.9. The van der Waals surface area contributed by atoms with Crippen molar-refractivity contribution in [3.63, 3.8) is 0 Å². The van der Waals surface area contributed by atoms with Gasteiger partial charge >= 0.3 is 0 Å². The number of aliphatic hydroxyl groups excluding tert-OH is 10. The fraction of sp³-hybridized carbons (Fsp3) is 0.952. The Morgan fingerprint density at radius 3 is 1.70 bits per heavy atom. The Hall–Kier alpha value is -1.21. The van der Waals surface area contributed by atoms with Crippen molar-refractivity contribution >= 4 is 5.91 Å². The fourth-order valence-electron chi connectivity index (χ4n) is 4.58. The number of nitrogens with two attached hydrogens (primary N) is 1. The van der Waals surface area contributed by atoms with Crippen LogP contribution in [-0.2, 0) is 33.2 Å². The summed E-state index contributed by atoms with van der Waals surface area (Å²) in [7, 11) is 0. The van der Waals surface area contributed by atoms with Gasteiger partial charge in [0.05, 0.1) is 19.8 Å². The second-order valence-electron chi connectivity index (χ2n) is 9.54. The standard InChI is InChI=1S/C21H36NO18/c22-8(26)1-9(27)38-18-11(29)10(28)5(2-23)36-21(18)40-17-7(4-25)37-20(15(33)13(17)31)39-16-6(3-24)35-19(34)14(32)12(16)30/h5-7,9-21,23-25,28-34H,1-4H2,(H2,22,26)/q-1. The maximum atomic E-state index is 12.1. The maximum absolute atomic E-state index is 12.1. The summed E-state index contributed by atoms with van der Waals surface area (Å²) in [5, 5.41) is 113. The molecule has 0 spiro atoms. The van der Waals surface area contributed by atoms with Crippen molar-refractivity contribution in [2.45, 2.75) is 105 Å². The molecule has 3 fully saturated rings. The van der Waals surface area contributed by atoms with Gasteiger partial charge in [0.2, 0.25) is 5.91 Å². The summed E-state index contributed by atoms with van der Waals surface area (Å²) >= 11 is 0. The molecule has 234 valence electrons. The third-order valence-corrected chi connectivity index (χ3v) is 6.74. The molecule has 12 N–H and O–H groups in total. The molecule has 3 rings (SSSR count). The molecule has 3 aliphatic rings. The first-order valence-corrected chi connectivity index (χ1v) is 12.3. The number of hydrogen-bond donors (Lipinski definition) is 11. The van der Waals surface area contributed by atoms with Gasteiger partial charge in [0, 0.05) is 6.42 Å². The van der Waals surface area contributed by atoms with Gasteiger partial charge in [-0.2, -0.15) is 0 Å². The first-order valence-electron chi connectivity index (χ1n) is 12.3. The fourth-order valence-corrected chi connectivity index (χ4v) is 4.58. The predicted octanol–water partition coefficient (Wildman–Crippen LogP) is -8.99. The van der Waals surface area contributed by atoms with Gasteiger partial charge in [-0.15, -0.1) is 0 Å². The number of hydrogen-bond acceptors (Lipinski definition) is 18. The molecule has 0 aromatic carbocycles. The molecule has 0 radical (unpaired) electrons. The molecular formula is C21H36NO18-. The summed E-state index contributed by atoms with van der Waals surface area (Å²) in [5.41, 5.74) is 4.97. The summed E-state index contributed by atoms with van der Waals surface area (Å²) < 4.78 is 31.9. The van der Waals surface area contributed by atoms with Crippen LogP contribution >= 0.6 is 0 Å². The zero-order valence-electron chi connectivity index (χ0n) is 20.9. The highest BCUT2D eigenvalue weighted by atomic mass is 16.8. The van der Waals surface area contributed by atoms with E-state index in [0.717, 1.165) is 0 Å². The van der Waals surface area contributed by atoms with Crippen molar-refractivity contribution in [1.82, 2.24) is 0 Å². The molecule has 1 amide bonds. The molecule has 19 heteroatoms. The minimum absolute atomic E-state index is 0.802. The molecular weight excluding hydrogens is 554 g/mol. The highest BCUT2D eigenvalue weighted by Gasteiger charge is 2.53. The third kappa shape index (κ3) is 7.22. The summed E-state index contributed by atoms with van der Waals surface area (Å²) in [6.07, 6.45) is -29.4. The van der Waals surface area contributed by atoms with Gasteiger partial charge in [-0.05, 0) is 6.29 Å². The second kappa shape index (κ2) is 14.3. The van der Waals surface area contributed by atoms with Gasteiger partial charge in [0.1, 0.15) is 73.2 Å². The van der Waals surface area contributed by atoms with Crippen LogP contribution in [0.2, 0.25) is 0 Å². The van der Waals surface area contributed by atoms with Crippen LogP contribution in [0, 0.1) is 0 Å². The normalized spacial score (nSPS) is 47.1. The molecule has 0 aromatic rings. The van der Waals surface area contributed by atoms with Crippen LogP contribution in [-0.4, -0.2) is 175 Å². The van der Waals surface area contributed by atoms with Gasteiger partial charge in [0.25, 0.3) is 0 Å². The molecule has 3 heterocycles. The van der Waals surface area contributed by atoms with Crippen LogP contribution in [0.1, 0.15) is 6.42 Å². The highest BCUT2D eigenvalue weighted by Crippen LogP contribution is 2.33. The first kappa shape index (κ1) is 33.3. The average Bonchev–Trinajstić information content (AvgIpc) is 2.91. The Morgan fingerprint density at radius 2 is 1.15 bits per heavy atom. The minimum Gasteiger partial charge on any atom is -0.831 e. The molecule has 0 aliphatic carbocycles. The van der Waals surface area contributed by atoms with E-state index >= 15 is 0 Å². The lowest BCUT2D eigenvalue weighted by molar-refractivity contribution is -0.509. The van der Waals surface area contributed by atoms with Crippen molar-refractivity contribution in [2.24, 2.45) is 5.73 Å². The van der Waals surface area contributed by atoms with E-state index in [1.165, 1.54) is 0 Å². The van der Waals surface area contributed by atoms with Gasteiger partial charge in [-0.1, -0.05) is 0 Å². The summed E-state index contributed by atoms with van der Waals surface area (Å²) in [6.45, 7) is -2.54. The Bertz CT molecular complexity index is 806. The van der Waals surface area contributed by atoms with E-state index in [0.29, 0.717) is 0 Å². The number of amides is 1. The number of rotatable bonds is 11. The van der Waals surface area contributed by atoms with Crippen LogP contribution in [0.25, 0.3) is 0 Å².